The molecule has 1 saturated carbocycles. The zero-order valence-corrected chi connectivity index (χ0v) is 35.0. The van der Waals surface area contributed by atoms with Crippen LogP contribution in [0, 0.1) is 35.5 Å². The van der Waals surface area contributed by atoms with E-state index in [1.54, 1.807) is 0 Å². The maximum atomic E-state index is 14.2. The van der Waals surface area contributed by atoms with E-state index in [0.717, 1.165) is 103 Å². The molecule has 5 fully saturated rings. The van der Waals surface area contributed by atoms with E-state index in [2.05, 4.69) is 67.1 Å². The topological polar surface area (TPSA) is 105 Å². The Bertz CT molecular complexity index is 1210. The number of thioether (sulfide) groups is 1. The molecule has 0 aromatic carbocycles. The lowest BCUT2D eigenvalue weighted by atomic mass is 9.61. The standard InChI is InChI=1S/C42H74N6O4S/c1-29(2)26-35-42(52)48(36(27-30(3)4)41(51)47-22-17-31(18-23-47)16-21-45(5)6)25-24-46(35)20-11-7-10-19-43-38(49)13-9-8-12-37-39-32-14-15-33(32)40(50)44-34(39)28-53-37/h29-37,39H,7-28H2,1-6H3,(H,43,49)(H,44,50)/t32?,33?,34?,35-,36-,37?,39?/m0/s1. The van der Waals surface area contributed by atoms with Gasteiger partial charge in [0, 0.05) is 62.1 Å². The number of likely N-dealkylation sites (tertiary alicyclic amines) is 1. The van der Waals surface area contributed by atoms with Crippen molar-refractivity contribution in [2.75, 3.05) is 65.7 Å². The summed E-state index contributed by atoms with van der Waals surface area (Å²) >= 11 is 2.04. The molecule has 11 heteroatoms. The molecule has 0 spiro atoms. The van der Waals surface area contributed by atoms with Gasteiger partial charge in [0.15, 0.2) is 0 Å². The van der Waals surface area contributed by atoms with Crippen LogP contribution in [0.5, 0.6) is 0 Å². The van der Waals surface area contributed by atoms with Crippen LogP contribution in [0.25, 0.3) is 0 Å². The van der Waals surface area contributed by atoms with Crippen LogP contribution in [-0.2, 0) is 19.2 Å². The third-order valence-electron chi connectivity index (χ3n) is 13.1. The number of piperazine rings is 1. The fourth-order valence-electron chi connectivity index (χ4n) is 9.89. The van der Waals surface area contributed by atoms with Gasteiger partial charge in [-0.1, -0.05) is 40.5 Å². The number of piperidine rings is 2. The van der Waals surface area contributed by atoms with Gasteiger partial charge in [-0.05, 0) is 127 Å². The molecule has 4 heterocycles. The van der Waals surface area contributed by atoms with Crippen molar-refractivity contribution >= 4 is 35.4 Å². The number of hydrogen-bond acceptors (Lipinski definition) is 7. The SMILES string of the molecule is CC(C)C[C@H]1C(=O)N([C@@H](CC(C)C)C(=O)N2CCC(CCN(C)C)CC2)CCN1CCCCCNC(=O)CCCCC1SCC2NC(=O)C3CCC3C21. The van der Waals surface area contributed by atoms with Crippen molar-refractivity contribution in [3.8, 4) is 0 Å². The lowest BCUT2D eigenvalue weighted by Gasteiger charge is -2.48. The van der Waals surface area contributed by atoms with E-state index in [0.29, 0.717) is 72.7 Å². The first-order chi connectivity index (χ1) is 25.4. The minimum absolute atomic E-state index is 0.140. The predicted octanol–water partition coefficient (Wildman–Crippen LogP) is 5.25. The van der Waals surface area contributed by atoms with Crippen molar-refractivity contribution in [1.82, 2.24) is 30.2 Å². The van der Waals surface area contributed by atoms with Crippen molar-refractivity contribution in [3.05, 3.63) is 0 Å². The third kappa shape index (κ3) is 11.6. The Morgan fingerprint density at radius 2 is 1.68 bits per heavy atom. The summed E-state index contributed by atoms with van der Waals surface area (Å²) in [7, 11) is 4.24. The van der Waals surface area contributed by atoms with Crippen molar-refractivity contribution in [2.45, 2.75) is 141 Å². The predicted molar refractivity (Wildman–Crippen MR) is 215 cm³/mol. The van der Waals surface area contributed by atoms with E-state index in [1.807, 2.05) is 16.7 Å². The Labute approximate surface area is 326 Å². The normalized spacial score (nSPS) is 28.6. The molecule has 5 aliphatic rings. The van der Waals surface area contributed by atoms with Crippen LogP contribution in [0.15, 0.2) is 0 Å². The van der Waals surface area contributed by atoms with E-state index >= 15 is 0 Å². The maximum Gasteiger partial charge on any atom is 0.245 e. The number of nitrogens with zero attached hydrogens (tertiary/aromatic N) is 4. The molecule has 1 aliphatic carbocycles. The Morgan fingerprint density at radius 3 is 2.36 bits per heavy atom. The summed E-state index contributed by atoms with van der Waals surface area (Å²) < 4.78 is 0. The van der Waals surface area contributed by atoms with Crippen LogP contribution in [0.4, 0.5) is 0 Å². The molecule has 302 valence electrons. The zero-order chi connectivity index (χ0) is 38.1. The lowest BCUT2D eigenvalue weighted by Crippen LogP contribution is -2.63. The minimum Gasteiger partial charge on any atom is -0.356 e. The monoisotopic (exact) mass is 759 g/mol. The number of hydrogen-bond donors (Lipinski definition) is 2. The summed E-state index contributed by atoms with van der Waals surface area (Å²) in [4.78, 5) is 61.8. The number of rotatable bonds is 20. The molecule has 4 amide bonds. The summed E-state index contributed by atoms with van der Waals surface area (Å²) in [6.07, 6.45) is 13.8. The molecule has 0 bridgehead atoms. The Balaban J connectivity index is 0.994. The molecule has 0 aromatic heterocycles. The van der Waals surface area contributed by atoms with Crippen molar-refractivity contribution in [1.29, 1.82) is 0 Å². The second-order valence-electron chi connectivity index (χ2n) is 18.3. The fourth-order valence-corrected chi connectivity index (χ4v) is 11.6. The van der Waals surface area contributed by atoms with Crippen LogP contribution in [0.3, 0.4) is 0 Å². The summed E-state index contributed by atoms with van der Waals surface area (Å²) in [6.45, 7) is 14.4. The first-order valence-corrected chi connectivity index (χ1v) is 22.6. The fraction of sp³-hybridized carbons (Fsp3) is 0.905. The zero-order valence-electron chi connectivity index (χ0n) is 34.2. The summed E-state index contributed by atoms with van der Waals surface area (Å²) in [5.41, 5.74) is 0. The third-order valence-corrected chi connectivity index (χ3v) is 14.6. The van der Waals surface area contributed by atoms with E-state index < -0.39 is 0 Å². The number of fused-ring (bicyclic) bond motifs is 3. The molecular formula is C42H74N6O4S. The average Bonchev–Trinajstić information content (AvgIpc) is 3.48. The van der Waals surface area contributed by atoms with E-state index in [-0.39, 0.29) is 35.7 Å². The quantitative estimate of drug-likeness (QED) is 0.164. The molecule has 2 N–H and O–H groups in total. The van der Waals surface area contributed by atoms with Gasteiger partial charge in [0.1, 0.15) is 6.04 Å². The highest BCUT2D eigenvalue weighted by molar-refractivity contribution is 8.00. The van der Waals surface area contributed by atoms with Crippen LogP contribution in [0.1, 0.15) is 118 Å². The average molecular weight is 759 g/mol. The first kappa shape index (κ1) is 42.3. The number of carbonyl (C=O) groups excluding carboxylic acids is 4. The Morgan fingerprint density at radius 1 is 0.906 bits per heavy atom. The molecule has 4 aliphatic heterocycles. The van der Waals surface area contributed by atoms with Crippen LogP contribution >= 0.6 is 11.8 Å². The van der Waals surface area contributed by atoms with Gasteiger partial charge in [0.25, 0.3) is 0 Å². The van der Waals surface area contributed by atoms with Gasteiger partial charge < -0.3 is 25.3 Å². The van der Waals surface area contributed by atoms with Gasteiger partial charge in [-0.2, -0.15) is 11.8 Å². The van der Waals surface area contributed by atoms with Crippen LogP contribution in [0.2, 0.25) is 0 Å². The smallest absolute Gasteiger partial charge is 0.245 e. The van der Waals surface area contributed by atoms with E-state index in [1.165, 1.54) is 12.8 Å². The molecule has 5 unspecified atom stereocenters. The van der Waals surface area contributed by atoms with Crippen LogP contribution in [-0.4, -0.2) is 132 Å². The molecule has 7 atom stereocenters. The van der Waals surface area contributed by atoms with Gasteiger partial charge in [0.05, 0.1) is 6.04 Å². The molecule has 4 saturated heterocycles. The van der Waals surface area contributed by atoms with E-state index in [9.17, 15) is 19.2 Å². The number of nitrogens with one attached hydrogen (secondary N) is 2. The number of amides is 4. The molecule has 5 rings (SSSR count). The van der Waals surface area contributed by atoms with Gasteiger partial charge >= 0.3 is 0 Å². The van der Waals surface area contributed by atoms with Crippen LogP contribution < -0.4 is 10.6 Å². The van der Waals surface area contributed by atoms with Crippen molar-refractivity contribution in [2.24, 2.45) is 35.5 Å². The lowest BCUT2D eigenvalue weighted by molar-refractivity contribution is -0.155. The number of unbranched alkanes of at least 4 members (excludes halogenated alkanes) is 3. The highest BCUT2D eigenvalue weighted by Crippen LogP contribution is 2.52. The minimum atomic E-state index is -0.369. The Hall–Kier alpha value is -1.85. The van der Waals surface area contributed by atoms with Gasteiger partial charge in [-0.25, -0.2) is 0 Å². The van der Waals surface area contributed by atoms with Gasteiger partial charge in [-0.3, -0.25) is 24.1 Å². The maximum absolute atomic E-state index is 14.2. The molecular weight excluding hydrogens is 685 g/mol. The molecule has 0 radical (unpaired) electrons. The second-order valence-corrected chi connectivity index (χ2v) is 19.6. The van der Waals surface area contributed by atoms with Gasteiger partial charge in [0.2, 0.25) is 23.6 Å². The molecule has 10 nitrogen and oxygen atoms in total. The highest BCUT2D eigenvalue weighted by Gasteiger charge is 2.53. The first-order valence-electron chi connectivity index (χ1n) is 21.6. The van der Waals surface area contributed by atoms with Gasteiger partial charge in [-0.15, -0.1) is 0 Å². The largest absolute Gasteiger partial charge is 0.356 e. The molecule has 0 aromatic rings. The summed E-state index contributed by atoms with van der Waals surface area (Å²) in [5, 5.41) is 7.06. The van der Waals surface area contributed by atoms with Crippen molar-refractivity contribution < 1.29 is 19.2 Å². The summed E-state index contributed by atoms with van der Waals surface area (Å²) in [5.74, 6) is 4.68. The molecule has 53 heavy (non-hydrogen) atoms. The highest BCUT2D eigenvalue weighted by atomic mass is 32.2. The van der Waals surface area contributed by atoms with E-state index in [4.69, 9.17) is 0 Å². The second kappa shape index (κ2) is 20.4. The Kier molecular flexibility index (Phi) is 16.2. The van der Waals surface area contributed by atoms with Crippen molar-refractivity contribution in [3.63, 3.8) is 0 Å². The number of carbonyl (C=O) groups is 4. The summed E-state index contributed by atoms with van der Waals surface area (Å²) in [6, 6.07) is -0.183.